The van der Waals surface area contributed by atoms with Crippen molar-refractivity contribution >= 4 is 27.6 Å². The molecule has 0 bridgehead atoms. The summed E-state index contributed by atoms with van der Waals surface area (Å²) in [5.41, 5.74) is 7.32. The molecule has 1 aliphatic heterocycles. The van der Waals surface area contributed by atoms with Crippen LogP contribution in [0.1, 0.15) is 64.1 Å². The van der Waals surface area contributed by atoms with Crippen molar-refractivity contribution in [2.24, 2.45) is 10.7 Å². The molecule has 0 aromatic carbocycles. The Balaban J connectivity index is 2.35. The number of ether oxygens (including phenoxy) is 2. The number of anilines is 1. The first-order valence-corrected chi connectivity index (χ1v) is 11.7. The highest BCUT2D eigenvalue weighted by atomic mass is 32.2. The Hall–Kier alpha value is -2.82. The smallest absolute Gasteiger partial charge is 0.333 e. The second-order valence-electron chi connectivity index (χ2n) is 7.53. The fourth-order valence-electron chi connectivity index (χ4n) is 2.99. The monoisotopic (exact) mass is 453 g/mol. The van der Waals surface area contributed by atoms with Gasteiger partial charge in [-0.2, -0.15) is 0 Å². The maximum Gasteiger partial charge on any atom is 0.333 e. The van der Waals surface area contributed by atoms with E-state index in [1.165, 1.54) is 0 Å². The lowest BCUT2D eigenvalue weighted by molar-refractivity contribution is 0.256. The molecule has 0 atom stereocenters. The van der Waals surface area contributed by atoms with E-state index in [4.69, 9.17) is 15.2 Å². The molecule has 2 amide bonds. The highest BCUT2D eigenvalue weighted by Crippen LogP contribution is 2.34. The topological polar surface area (TPSA) is 145 Å². The van der Waals surface area contributed by atoms with Crippen molar-refractivity contribution < 1.29 is 22.7 Å². The van der Waals surface area contributed by atoms with Crippen LogP contribution in [0.5, 0.6) is 5.88 Å². The van der Waals surface area contributed by atoms with Gasteiger partial charge in [-0.05, 0) is 24.3 Å². The van der Waals surface area contributed by atoms with E-state index in [2.05, 4.69) is 15.3 Å². The predicted octanol–water partition coefficient (Wildman–Crippen LogP) is 2.80. The van der Waals surface area contributed by atoms with Crippen LogP contribution >= 0.6 is 0 Å². The van der Waals surface area contributed by atoms with E-state index in [0.29, 0.717) is 43.4 Å². The molecule has 2 rings (SSSR count). The van der Waals surface area contributed by atoms with Gasteiger partial charge in [0.25, 0.3) is 10.0 Å². The minimum atomic E-state index is -4.30. The number of carbonyl (C=O) groups excluding carboxylic acids is 1. The van der Waals surface area contributed by atoms with Gasteiger partial charge in [0.15, 0.2) is 4.91 Å². The van der Waals surface area contributed by atoms with E-state index in [1.807, 2.05) is 39.3 Å². The molecule has 0 spiro atoms. The van der Waals surface area contributed by atoms with Crippen molar-refractivity contribution in [3.05, 3.63) is 28.4 Å². The molecule has 0 aliphatic carbocycles. The van der Waals surface area contributed by atoms with Gasteiger partial charge in [-0.15, -0.1) is 0 Å². The Morgan fingerprint density at radius 3 is 2.55 bits per heavy atom. The number of aromatic nitrogens is 1. The van der Waals surface area contributed by atoms with E-state index >= 15 is 0 Å². The van der Waals surface area contributed by atoms with Gasteiger partial charge in [-0.25, -0.2) is 22.9 Å². The molecule has 11 heteroatoms. The molecule has 0 saturated carbocycles. The number of urea groups is 1. The van der Waals surface area contributed by atoms with Crippen molar-refractivity contribution in [2.45, 2.75) is 52.9 Å². The van der Waals surface area contributed by atoms with Crippen molar-refractivity contribution in [2.75, 3.05) is 25.1 Å². The van der Waals surface area contributed by atoms with Crippen LogP contribution in [-0.2, 0) is 14.8 Å². The third-order valence-corrected chi connectivity index (χ3v) is 5.77. The Morgan fingerprint density at radius 1 is 1.32 bits per heavy atom. The van der Waals surface area contributed by atoms with Crippen LogP contribution in [0.4, 0.5) is 10.5 Å². The highest BCUT2D eigenvalue weighted by molar-refractivity contribution is 7.94. The summed E-state index contributed by atoms with van der Waals surface area (Å²) in [6.07, 6.45) is 1.54. The van der Waals surface area contributed by atoms with Gasteiger partial charge < -0.3 is 20.5 Å². The number of amides is 2. The minimum Gasteiger partial charge on any atom is -0.478 e. The molecular formula is C20H31N5O5S. The third-order valence-electron chi connectivity index (χ3n) is 4.43. The largest absolute Gasteiger partial charge is 0.478 e. The van der Waals surface area contributed by atoms with E-state index in [1.54, 1.807) is 6.07 Å². The van der Waals surface area contributed by atoms with Crippen molar-refractivity contribution in [3.8, 4) is 5.88 Å². The normalized spacial score (nSPS) is 14.8. The van der Waals surface area contributed by atoms with Crippen molar-refractivity contribution in [1.29, 1.82) is 0 Å². The van der Waals surface area contributed by atoms with Gasteiger partial charge >= 0.3 is 6.03 Å². The number of sulfonamides is 1. The number of nitrogens with two attached hydrogens (primary N) is 1. The molecule has 31 heavy (non-hydrogen) atoms. The number of nitrogens with one attached hydrogen (secondary N) is 2. The Kier molecular flexibility index (Phi) is 8.26. The van der Waals surface area contributed by atoms with E-state index in [0.717, 1.165) is 11.8 Å². The third kappa shape index (κ3) is 6.09. The lowest BCUT2D eigenvalue weighted by atomic mass is 9.97. The number of hydrogen-bond acceptors (Lipinski definition) is 8. The molecule has 0 unspecified atom stereocenters. The molecule has 0 radical (unpaired) electrons. The average Bonchev–Trinajstić information content (AvgIpc) is 2.69. The molecule has 0 saturated heterocycles. The maximum absolute atomic E-state index is 12.7. The van der Waals surface area contributed by atoms with Gasteiger partial charge in [-0.3, -0.25) is 4.99 Å². The SMILES string of the molecule is CCOc1cc(C(C)C)c(NC(=O)NS(=O)(=O)C(=CN)C2=NCCCO2)c(C(C)C)n1. The first-order valence-electron chi connectivity index (χ1n) is 10.2. The van der Waals surface area contributed by atoms with Crippen molar-refractivity contribution in [3.63, 3.8) is 0 Å². The van der Waals surface area contributed by atoms with Crippen LogP contribution in [-0.4, -0.2) is 45.1 Å². The fourth-order valence-corrected chi connectivity index (χ4v) is 3.93. The molecule has 1 aliphatic rings. The molecule has 1 aromatic rings. The van der Waals surface area contributed by atoms with Crippen molar-refractivity contribution in [1.82, 2.24) is 9.71 Å². The van der Waals surface area contributed by atoms with Crippen LogP contribution in [0.3, 0.4) is 0 Å². The van der Waals surface area contributed by atoms with Crippen LogP contribution in [0, 0.1) is 0 Å². The minimum absolute atomic E-state index is 0.0242. The lowest BCUT2D eigenvalue weighted by Gasteiger charge is -2.21. The van der Waals surface area contributed by atoms with E-state index < -0.39 is 16.1 Å². The lowest BCUT2D eigenvalue weighted by Crippen LogP contribution is -2.38. The number of rotatable bonds is 8. The molecule has 172 valence electrons. The highest BCUT2D eigenvalue weighted by Gasteiger charge is 2.28. The standard InChI is InChI=1S/C20H31N5O5S/c1-6-29-16-10-14(12(2)3)18(17(23-16)13(4)5)24-20(26)25-31(27,28)15(11-21)19-22-8-7-9-30-19/h10-13H,6-9,21H2,1-5H3,(H2,24,25,26). The van der Waals surface area contributed by atoms with Gasteiger partial charge in [0, 0.05) is 25.2 Å². The summed E-state index contributed by atoms with van der Waals surface area (Å²) in [6.45, 7) is 10.8. The summed E-state index contributed by atoms with van der Waals surface area (Å²) in [7, 11) is -4.30. The summed E-state index contributed by atoms with van der Waals surface area (Å²) in [4.78, 5) is 20.8. The van der Waals surface area contributed by atoms with E-state index in [9.17, 15) is 13.2 Å². The van der Waals surface area contributed by atoms with Crippen LogP contribution < -0.4 is 20.5 Å². The summed E-state index contributed by atoms with van der Waals surface area (Å²) in [6, 6.07) is 0.811. The molecule has 2 heterocycles. The Bertz CT molecular complexity index is 941. The second kappa shape index (κ2) is 10.5. The first kappa shape index (κ1) is 24.4. The molecule has 1 aromatic heterocycles. The number of carbonyl (C=O) groups is 1. The maximum atomic E-state index is 12.7. The number of hydrogen-bond donors (Lipinski definition) is 3. The van der Waals surface area contributed by atoms with Gasteiger partial charge in [0.1, 0.15) is 0 Å². The zero-order valence-corrected chi connectivity index (χ0v) is 19.4. The fraction of sp³-hybridized carbons (Fsp3) is 0.550. The predicted molar refractivity (Wildman–Crippen MR) is 120 cm³/mol. The summed E-state index contributed by atoms with van der Waals surface area (Å²) < 4.78 is 38.3. The zero-order valence-electron chi connectivity index (χ0n) is 18.6. The Morgan fingerprint density at radius 2 is 2.03 bits per heavy atom. The van der Waals surface area contributed by atoms with Gasteiger partial charge in [0.2, 0.25) is 11.8 Å². The first-order chi connectivity index (χ1) is 14.6. The van der Waals surface area contributed by atoms with Gasteiger partial charge in [0.05, 0.1) is 24.6 Å². The van der Waals surface area contributed by atoms with Crippen LogP contribution in [0.2, 0.25) is 0 Å². The number of nitrogens with zero attached hydrogens (tertiary/aromatic N) is 2. The number of pyridine rings is 1. The molecule has 0 fully saturated rings. The number of aliphatic imine (C=N–C) groups is 1. The zero-order chi connectivity index (χ0) is 23.2. The second-order valence-corrected chi connectivity index (χ2v) is 9.18. The van der Waals surface area contributed by atoms with Crippen LogP contribution in [0.15, 0.2) is 22.2 Å². The molecule has 10 nitrogen and oxygen atoms in total. The molecule has 4 N–H and O–H groups in total. The average molecular weight is 454 g/mol. The summed E-state index contributed by atoms with van der Waals surface area (Å²) in [5.74, 6) is 0.322. The summed E-state index contributed by atoms with van der Waals surface area (Å²) in [5, 5.41) is 2.65. The quantitative estimate of drug-likeness (QED) is 0.549. The van der Waals surface area contributed by atoms with Crippen LogP contribution in [0.25, 0.3) is 0 Å². The Labute approximate surface area is 183 Å². The summed E-state index contributed by atoms with van der Waals surface area (Å²) >= 11 is 0. The van der Waals surface area contributed by atoms with E-state index in [-0.39, 0.29) is 22.6 Å². The molecular weight excluding hydrogens is 422 g/mol. The van der Waals surface area contributed by atoms with Gasteiger partial charge in [-0.1, -0.05) is 27.7 Å².